The molecule has 1 saturated heterocycles. The van der Waals surface area contributed by atoms with Gasteiger partial charge in [0.05, 0.1) is 11.4 Å². The van der Waals surface area contributed by atoms with Gasteiger partial charge in [0.1, 0.15) is 0 Å². The molecule has 1 aliphatic rings. The molecule has 3 rings (SSSR count). The average Bonchev–Trinajstić information content (AvgIpc) is 3.05. The van der Waals surface area contributed by atoms with Crippen LogP contribution in [-0.4, -0.2) is 40.7 Å². The van der Waals surface area contributed by atoms with Crippen molar-refractivity contribution in [1.29, 1.82) is 0 Å². The highest BCUT2D eigenvalue weighted by Gasteiger charge is 2.13. The first kappa shape index (κ1) is 17.4. The van der Waals surface area contributed by atoms with E-state index in [2.05, 4.69) is 15.6 Å². The molecular weight excluding hydrogens is 344 g/mol. The van der Waals surface area contributed by atoms with Gasteiger partial charge in [-0.15, -0.1) is 23.1 Å². The Morgan fingerprint density at radius 3 is 3.29 bits per heavy atom. The lowest BCUT2D eigenvalue weighted by Gasteiger charge is -2.22. The third-order valence-corrected chi connectivity index (χ3v) is 5.84. The maximum Gasteiger partial charge on any atom is 0.258 e. The van der Waals surface area contributed by atoms with Crippen LogP contribution >= 0.6 is 23.1 Å². The summed E-state index contributed by atoms with van der Waals surface area (Å²) < 4.78 is 1.53. The van der Waals surface area contributed by atoms with Gasteiger partial charge in [0.25, 0.3) is 5.56 Å². The fourth-order valence-corrected chi connectivity index (χ4v) is 4.33. The molecule has 8 heteroatoms. The first-order valence-corrected chi connectivity index (χ1v) is 10.3. The van der Waals surface area contributed by atoms with Crippen molar-refractivity contribution in [3.8, 4) is 0 Å². The summed E-state index contributed by atoms with van der Waals surface area (Å²) >= 11 is 2.93. The molecular formula is C16H22N4O2S2. The van der Waals surface area contributed by atoms with Crippen LogP contribution in [0.1, 0.15) is 25.0 Å². The second kappa shape index (κ2) is 8.64. The van der Waals surface area contributed by atoms with Gasteiger partial charge in [-0.05, 0) is 38.3 Å². The zero-order valence-corrected chi connectivity index (χ0v) is 15.1. The maximum atomic E-state index is 11.9. The first-order chi connectivity index (χ1) is 11.7. The second-order valence-corrected chi connectivity index (χ2v) is 7.84. The first-order valence-electron chi connectivity index (χ1n) is 8.23. The van der Waals surface area contributed by atoms with E-state index in [9.17, 15) is 9.59 Å². The number of aromatic nitrogens is 2. The number of amides is 1. The van der Waals surface area contributed by atoms with E-state index < -0.39 is 0 Å². The van der Waals surface area contributed by atoms with Gasteiger partial charge in [0.2, 0.25) is 5.91 Å². The van der Waals surface area contributed by atoms with Crippen LogP contribution in [0.5, 0.6) is 0 Å². The zero-order chi connectivity index (χ0) is 16.8. The van der Waals surface area contributed by atoms with Crippen LogP contribution in [0, 0.1) is 5.92 Å². The Morgan fingerprint density at radius 2 is 2.46 bits per heavy atom. The molecule has 0 saturated carbocycles. The third kappa shape index (κ3) is 4.81. The molecule has 1 fully saturated rings. The van der Waals surface area contributed by atoms with Gasteiger partial charge < -0.3 is 10.6 Å². The number of rotatable bonds is 7. The van der Waals surface area contributed by atoms with Crippen LogP contribution in [0.2, 0.25) is 0 Å². The normalized spacial score (nSPS) is 17.9. The van der Waals surface area contributed by atoms with Gasteiger partial charge in [-0.3, -0.25) is 14.0 Å². The number of piperidine rings is 1. The van der Waals surface area contributed by atoms with Crippen LogP contribution in [0.4, 0.5) is 0 Å². The molecule has 0 spiro atoms. The van der Waals surface area contributed by atoms with Gasteiger partial charge in [-0.2, -0.15) is 0 Å². The van der Waals surface area contributed by atoms with Crippen LogP contribution in [-0.2, 0) is 10.5 Å². The monoisotopic (exact) mass is 366 g/mol. The Labute approximate surface area is 149 Å². The van der Waals surface area contributed by atoms with Crippen molar-refractivity contribution in [2.75, 3.05) is 25.4 Å². The van der Waals surface area contributed by atoms with E-state index in [0.717, 1.165) is 31.7 Å². The van der Waals surface area contributed by atoms with Gasteiger partial charge >= 0.3 is 0 Å². The van der Waals surface area contributed by atoms with Crippen molar-refractivity contribution in [3.63, 3.8) is 0 Å². The lowest BCUT2D eigenvalue weighted by atomic mass is 9.96. The summed E-state index contributed by atoms with van der Waals surface area (Å²) in [5, 5.41) is 8.22. The summed E-state index contributed by atoms with van der Waals surface area (Å²) in [7, 11) is 0. The quantitative estimate of drug-likeness (QED) is 0.777. The van der Waals surface area contributed by atoms with E-state index in [1.165, 1.54) is 40.3 Å². The highest BCUT2D eigenvalue weighted by Crippen LogP contribution is 2.14. The Kier molecular flexibility index (Phi) is 6.28. The molecule has 130 valence electrons. The van der Waals surface area contributed by atoms with Gasteiger partial charge in [-0.1, -0.05) is 0 Å². The number of thioether (sulfide) groups is 1. The maximum absolute atomic E-state index is 11.9. The Bertz CT molecular complexity index is 737. The van der Waals surface area contributed by atoms with E-state index in [-0.39, 0.29) is 11.5 Å². The van der Waals surface area contributed by atoms with Gasteiger partial charge in [0.15, 0.2) is 4.96 Å². The minimum atomic E-state index is -0.0672. The SMILES string of the molecule is O=C(CSCc1cc(=O)n2ccsc2n1)NCCC1CCCNC1. The molecule has 0 bridgehead atoms. The predicted molar refractivity (Wildman–Crippen MR) is 98.7 cm³/mol. The highest BCUT2D eigenvalue weighted by molar-refractivity contribution is 7.99. The molecule has 2 aromatic rings. The molecule has 1 amide bonds. The minimum absolute atomic E-state index is 0.0534. The number of nitrogens with zero attached hydrogens (tertiary/aromatic N) is 2. The number of fused-ring (bicyclic) bond motifs is 1. The number of carbonyl (C=O) groups excluding carboxylic acids is 1. The summed E-state index contributed by atoms with van der Waals surface area (Å²) in [6.45, 7) is 2.93. The smallest absolute Gasteiger partial charge is 0.258 e. The molecule has 0 aliphatic carbocycles. The van der Waals surface area contributed by atoms with Crippen molar-refractivity contribution >= 4 is 34.0 Å². The molecule has 1 aliphatic heterocycles. The number of hydrogen-bond acceptors (Lipinski definition) is 6. The molecule has 0 radical (unpaired) electrons. The molecule has 0 aromatic carbocycles. The van der Waals surface area contributed by atoms with Crippen LogP contribution in [0.15, 0.2) is 22.4 Å². The topological polar surface area (TPSA) is 75.5 Å². The molecule has 1 atom stereocenters. The molecule has 3 heterocycles. The highest BCUT2D eigenvalue weighted by atomic mass is 32.2. The van der Waals surface area contributed by atoms with Crippen LogP contribution in [0.3, 0.4) is 0 Å². The van der Waals surface area contributed by atoms with E-state index in [0.29, 0.717) is 22.4 Å². The van der Waals surface area contributed by atoms with Crippen LogP contribution in [0.25, 0.3) is 4.96 Å². The number of nitrogens with one attached hydrogen (secondary N) is 2. The number of thiazole rings is 1. The van der Waals surface area contributed by atoms with E-state index in [1.807, 2.05) is 5.38 Å². The largest absolute Gasteiger partial charge is 0.355 e. The Hall–Kier alpha value is -1.38. The fourth-order valence-electron chi connectivity index (χ4n) is 2.85. The standard InChI is InChI=1S/C16H22N4O2S2/c21-14(18-5-3-12-2-1-4-17-9-12)11-23-10-13-8-15(22)20-6-7-24-16(20)19-13/h6-8,12,17H,1-5,9-11H2,(H,18,21). The van der Waals surface area contributed by atoms with E-state index in [1.54, 1.807) is 12.3 Å². The summed E-state index contributed by atoms with van der Waals surface area (Å²) in [5.41, 5.74) is 0.663. The zero-order valence-electron chi connectivity index (χ0n) is 13.5. The molecule has 24 heavy (non-hydrogen) atoms. The van der Waals surface area contributed by atoms with Crippen LogP contribution < -0.4 is 16.2 Å². The van der Waals surface area contributed by atoms with E-state index in [4.69, 9.17) is 0 Å². The summed E-state index contributed by atoms with van der Waals surface area (Å²) in [4.78, 5) is 28.9. The number of hydrogen-bond donors (Lipinski definition) is 2. The molecule has 1 unspecified atom stereocenters. The van der Waals surface area contributed by atoms with Crippen molar-refractivity contribution in [2.24, 2.45) is 5.92 Å². The summed E-state index contributed by atoms with van der Waals surface area (Å²) in [6, 6.07) is 1.54. The fraction of sp³-hybridized carbons (Fsp3) is 0.562. The lowest BCUT2D eigenvalue weighted by molar-refractivity contribution is -0.118. The lowest BCUT2D eigenvalue weighted by Crippen LogP contribution is -2.33. The van der Waals surface area contributed by atoms with E-state index >= 15 is 0 Å². The molecule has 6 nitrogen and oxygen atoms in total. The molecule has 2 N–H and O–H groups in total. The van der Waals surface area contributed by atoms with Crippen molar-refractivity contribution < 1.29 is 4.79 Å². The Morgan fingerprint density at radius 1 is 1.54 bits per heavy atom. The second-order valence-electron chi connectivity index (χ2n) is 5.99. The third-order valence-electron chi connectivity index (χ3n) is 4.11. The average molecular weight is 367 g/mol. The summed E-state index contributed by atoms with van der Waals surface area (Å²) in [5.74, 6) is 1.71. The summed E-state index contributed by atoms with van der Waals surface area (Å²) in [6.07, 6.45) is 5.25. The van der Waals surface area contributed by atoms with Crippen molar-refractivity contribution in [3.05, 3.63) is 33.7 Å². The Balaban J connectivity index is 1.37. The van der Waals surface area contributed by atoms with Gasteiger partial charge in [-0.25, -0.2) is 4.98 Å². The molecule has 2 aromatic heterocycles. The van der Waals surface area contributed by atoms with Crippen molar-refractivity contribution in [1.82, 2.24) is 20.0 Å². The minimum Gasteiger partial charge on any atom is -0.355 e. The van der Waals surface area contributed by atoms with Gasteiger partial charge in [0, 0.05) is 29.9 Å². The predicted octanol–water partition coefficient (Wildman–Crippen LogP) is 1.50. The number of carbonyl (C=O) groups is 1. The van der Waals surface area contributed by atoms with Crippen molar-refractivity contribution in [2.45, 2.75) is 25.0 Å².